The summed E-state index contributed by atoms with van der Waals surface area (Å²) >= 11 is 3.53. The molecule has 0 fully saturated rings. The topological polar surface area (TPSA) is 165 Å². The van der Waals surface area contributed by atoms with Crippen LogP contribution in [0.1, 0.15) is 13.8 Å². The molecule has 0 aromatic rings. The SMILES string of the molecule is CC(=O)O.CC=O.CN.CNC(N)N.CO.CS. The number of carboxylic acids is 1. The highest BCUT2D eigenvalue weighted by atomic mass is 32.1. The molecule has 0 saturated heterocycles. The van der Waals surface area contributed by atoms with E-state index in [4.69, 9.17) is 31.3 Å². The highest BCUT2D eigenvalue weighted by molar-refractivity contribution is 7.79. The fourth-order valence-corrected chi connectivity index (χ4v) is 0. The number of hydrogen-bond donors (Lipinski definition) is 7. The van der Waals surface area contributed by atoms with E-state index in [1.54, 1.807) is 13.3 Å². The minimum Gasteiger partial charge on any atom is -0.481 e. The van der Waals surface area contributed by atoms with Crippen molar-refractivity contribution in [1.82, 2.24) is 5.32 Å². The number of aliphatic hydroxyl groups excluding tert-OH is 1. The number of carboxylic acid groups (broad SMARTS) is 1. The first-order chi connectivity index (χ1) is 8.42. The maximum absolute atomic E-state index is 9.00. The van der Waals surface area contributed by atoms with Crippen LogP contribution in [0.4, 0.5) is 0 Å². The van der Waals surface area contributed by atoms with E-state index in [1.807, 2.05) is 0 Å². The molecule has 0 bridgehead atoms. The number of aldehydes is 1. The Hall–Kier alpha value is -0.710. The standard InChI is InChI=1S/C2H9N3.C2H4O2.C2H4O.CH5N.CH4O.CH4S/c1-5-2(3)4;1-2(3)4;1-2-3;3*1-2/h2,5H,3-4H2,1H3;1H3,(H,3,4);2H,1H3;2H2,1H3;2*2H,1H3. The Kier molecular flexibility index (Phi) is 143. The number of aliphatic hydroxyl groups is 1. The van der Waals surface area contributed by atoms with Crippen molar-refractivity contribution in [1.29, 1.82) is 0 Å². The lowest BCUT2D eigenvalue weighted by Crippen LogP contribution is -2.42. The molecule has 116 valence electrons. The van der Waals surface area contributed by atoms with Crippen LogP contribution in [0, 0.1) is 0 Å². The van der Waals surface area contributed by atoms with Gasteiger partial charge < -0.3 is 32.2 Å². The molecule has 0 rings (SSSR count). The second-order valence-corrected chi connectivity index (χ2v) is 1.57. The van der Waals surface area contributed by atoms with Gasteiger partial charge in [0.15, 0.2) is 0 Å². The van der Waals surface area contributed by atoms with Gasteiger partial charge in [-0.15, -0.1) is 0 Å². The third-order valence-electron chi connectivity index (χ3n) is 0.333. The van der Waals surface area contributed by atoms with Gasteiger partial charge >= 0.3 is 0 Å². The molecule has 8 nitrogen and oxygen atoms in total. The van der Waals surface area contributed by atoms with Crippen molar-refractivity contribution in [3.63, 3.8) is 0 Å². The number of hydrogen-bond acceptors (Lipinski definition) is 8. The first kappa shape index (κ1) is 36.0. The third-order valence-corrected chi connectivity index (χ3v) is 0.333. The summed E-state index contributed by atoms with van der Waals surface area (Å²) in [6.07, 6.45) is 2.08. The van der Waals surface area contributed by atoms with Crippen LogP contribution in [0.25, 0.3) is 0 Å². The maximum Gasteiger partial charge on any atom is 0.300 e. The number of carbonyl (C=O) groups is 2. The Balaban J connectivity index is -0.0000000253. The van der Waals surface area contributed by atoms with Gasteiger partial charge in [0.1, 0.15) is 12.6 Å². The summed E-state index contributed by atoms with van der Waals surface area (Å²) in [4.78, 5) is 17.8. The van der Waals surface area contributed by atoms with Gasteiger partial charge in [0.2, 0.25) is 0 Å². The van der Waals surface area contributed by atoms with Gasteiger partial charge in [-0.3, -0.25) is 10.1 Å². The van der Waals surface area contributed by atoms with Crippen LogP contribution in [-0.4, -0.2) is 56.2 Å². The van der Waals surface area contributed by atoms with Crippen LogP contribution in [0.2, 0.25) is 0 Å². The van der Waals surface area contributed by atoms with Crippen molar-refractivity contribution in [3.05, 3.63) is 0 Å². The lowest BCUT2D eigenvalue weighted by atomic mass is 10.9. The molecule has 0 radical (unpaired) electrons. The summed E-state index contributed by atoms with van der Waals surface area (Å²) in [6, 6.07) is 0. The molecule has 0 spiro atoms. The molecule has 0 aliphatic rings. The first-order valence-electron chi connectivity index (χ1n) is 4.67. The van der Waals surface area contributed by atoms with Crippen LogP contribution < -0.4 is 22.5 Å². The summed E-state index contributed by atoms with van der Waals surface area (Å²) in [6.45, 7) is 2.53. The van der Waals surface area contributed by atoms with Crippen LogP contribution in [0.3, 0.4) is 0 Å². The van der Waals surface area contributed by atoms with E-state index in [9.17, 15) is 0 Å². The summed E-state index contributed by atoms with van der Waals surface area (Å²) in [5.74, 6) is -0.833. The Labute approximate surface area is 115 Å². The molecule has 0 atom stereocenters. The Morgan fingerprint density at radius 1 is 1.28 bits per heavy atom. The average Bonchev–Trinajstić information content (AvgIpc) is 2.37. The van der Waals surface area contributed by atoms with Gasteiger partial charge in [-0.05, 0) is 27.3 Å². The van der Waals surface area contributed by atoms with Crippen molar-refractivity contribution in [2.45, 2.75) is 20.1 Å². The summed E-state index contributed by atoms with van der Waals surface area (Å²) in [7, 11) is 4.20. The minimum absolute atomic E-state index is 0.366. The fourth-order valence-electron chi connectivity index (χ4n) is 0. The molecule has 0 amide bonds. The van der Waals surface area contributed by atoms with Gasteiger partial charge in [0.05, 0.1) is 0 Å². The Morgan fingerprint density at radius 2 is 1.33 bits per heavy atom. The summed E-state index contributed by atoms with van der Waals surface area (Å²) in [5.41, 5.74) is 14.4. The zero-order chi connectivity index (χ0) is 16.6. The predicted octanol–water partition coefficient (Wildman–Crippen LogP) is -1.57. The predicted molar refractivity (Wildman–Crippen MR) is 79.4 cm³/mol. The van der Waals surface area contributed by atoms with Crippen molar-refractivity contribution in [2.24, 2.45) is 17.2 Å². The van der Waals surface area contributed by atoms with Crippen LogP contribution in [0.15, 0.2) is 0 Å². The van der Waals surface area contributed by atoms with E-state index < -0.39 is 5.97 Å². The van der Waals surface area contributed by atoms with E-state index in [0.29, 0.717) is 0 Å². The smallest absolute Gasteiger partial charge is 0.300 e. The zero-order valence-electron chi connectivity index (χ0n) is 12.0. The maximum atomic E-state index is 9.00. The molecule has 0 saturated carbocycles. The largest absolute Gasteiger partial charge is 0.481 e. The molecule has 0 aromatic heterocycles. The lowest BCUT2D eigenvalue weighted by Gasteiger charge is -1.96. The molecular formula is C9H30N4O4S. The van der Waals surface area contributed by atoms with Crippen molar-refractivity contribution in [2.75, 3.05) is 27.5 Å². The molecule has 0 unspecified atom stereocenters. The fraction of sp³-hybridized carbons (Fsp3) is 0.778. The molecule has 18 heavy (non-hydrogen) atoms. The number of rotatable bonds is 1. The van der Waals surface area contributed by atoms with Crippen molar-refractivity contribution in [3.8, 4) is 0 Å². The number of aliphatic carboxylic acids is 1. The summed E-state index contributed by atoms with van der Waals surface area (Å²) in [5, 5.41) is 17.0. The molecule has 0 aromatic carbocycles. The molecule has 9 N–H and O–H groups in total. The van der Waals surface area contributed by atoms with E-state index in [1.165, 1.54) is 14.0 Å². The molecule has 0 aliphatic carbocycles. The molecule has 0 heterocycles. The van der Waals surface area contributed by atoms with Gasteiger partial charge in [0.25, 0.3) is 5.97 Å². The normalized spacial score (nSPS) is 5.78. The number of carbonyl (C=O) groups excluding carboxylic acids is 1. The number of nitrogens with two attached hydrogens (primary N) is 3. The highest BCUT2D eigenvalue weighted by Crippen LogP contribution is 1.42. The van der Waals surface area contributed by atoms with Gasteiger partial charge in [-0.1, -0.05) is 0 Å². The lowest BCUT2D eigenvalue weighted by molar-refractivity contribution is -0.134. The van der Waals surface area contributed by atoms with Crippen LogP contribution >= 0.6 is 12.6 Å². The first-order valence-corrected chi connectivity index (χ1v) is 5.56. The summed E-state index contributed by atoms with van der Waals surface area (Å²) < 4.78 is 0. The van der Waals surface area contributed by atoms with Gasteiger partial charge in [0, 0.05) is 14.0 Å². The second-order valence-electron chi connectivity index (χ2n) is 1.57. The van der Waals surface area contributed by atoms with Gasteiger partial charge in [-0.2, -0.15) is 12.6 Å². The van der Waals surface area contributed by atoms with Crippen LogP contribution in [-0.2, 0) is 9.59 Å². The van der Waals surface area contributed by atoms with E-state index in [0.717, 1.165) is 20.3 Å². The van der Waals surface area contributed by atoms with Gasteiger partial charge in [-0.25, -0.2) is 0 Å². The third kappa shape index (κ3) is 1880. The number of thiol groups is 1. The zero-order valence-corrected chi connectivity index (χ0v) is 12.9. The monoisotopic (exact) mass is 290 g/mol. The van der Waals surface area contributed by atoms with Crippen LogP contribution in [0.5, 0.6) is 0 Å². The molecular weight excluding hydrogens is 260 g/mol. The van der Waals surface area contributed by atoms with E-state index in [-0.39, 0.29) is 6.29 Å². The van der Waals surface area contributed by atoms with E-state index in [2.05, 4.69) is 23.7 Å². The molecule has 0 aliphatic heterocycles. The Morgan fingerprint density at radius 3 is 1.33 bits per heavy atom. The van der Waals surface area contributed by atoms with E-state index >= 15 is 0 Å². The molecule has 9 heteroatoms. The highest BCUT2D eigenvalue weighted by Gasteiger charge is 1.76. The number of nitrogens with one attached hydrogen (secondary N) is 1. The van der Waals surface area contributed by atoms with Crippen molar-refractivity contribution < 1.29 is 19.8 Å². The Bertz CT molecular complexity index is 115. The average molecular weight is 290 g/mol. The second kappa shape index (κ2) is 71.7. The van der Waals surface area contributed by atoms with Crippen molar-refractivity contribution >= 4 is 24.9 Å². The quantitative estimate of drug-likeness (QED) is 0.173. The minimum atomic E-state index is -0.833.